The van der Waals surface area contributed by atoms with Crippen LogP contribution in [0.5, 0.6) is 0 Å². The Balaban J connectivity index is 2.58. The quantitative estimate of drug-likeness (QED) is 0.748. The first-order valence-electron chi connectivity index (χ1n) is 5.48. The van der Waals surface area contributed by atoms with Gasteiger partial charge in [-0.3, -0.25) is 0 Å². The summed E-state index contributed by atoms with van der Waals surface area (Å²) in [6, 6.07) is 5.81. The molecule has 4 nitrogen and oxygen atoms in total. The van der Waals surface area contributed by atoms with Gasteiger partial charge in [0.1, 0.15) is 0 Å². The SMILES string of the molecule is CN(CCOCCO)c1ccc(Br)cc1CO. The maximum atomic E-state index is 9.29. The van der Waals surface area contributed by atoms with Crippen LogP contribution < -0.4 is 4.90 Å². The van der Waals surface area contributed by atoms with Crippen molar-refractivity contribution in [1.82, 2.24) is 0 Å². The fourth-order valence-electron chi connectivity index (χ4n) is 1.54. The molecule has 0 aliphatic heterocycles. The van der Waals surface area contributed by atoms with Gasteiger partial charge in [-0.1, -0.05) is 15.9 Å². The minimum atomic E-state index is 0.0105. The lowest BCUT2D eigenvalue weighted by Crippen LogP contribution is -2.24. The van der Waals surface area contributed by atoms with E-state index in [1.54, 1.807) is 0 Å². The summed E-state index contributed by atoms with van der Waals surface area (Å²) in [5.41, 5.74) is 1.87. The van der Waals surface area contributed by atoms with E-state index in [-0.39, 0.29) is 13.2 Å². The second-order valence-electron chi connectivity index (χ2n) is 3.69. The molecule has 0 aliphatic carbocycles. The van der Waals surface area contributed by atoms with Crippen LogP contribution in [0.3, 0.4) is 0 Å². The topological polar surface area (TPSA) is 52.9 Å². The summed E-state index contributed by atoms with van der Waals surface area (Å²) in [4.78, 5) is 2.02. The second kappa shape index (κ2) is 7.66. The minimum Gasteiger partial charge on any atom is -0.394 e. The van der Waals surface area contributed by atoms with Crippen molar-refractivity contribution in [2.24, 2.45) is 0 Å². The first-order valence-corrected chi connectivity index (χ1v) is 6.27. The number of hydrogen-bond donors (Lipinski definition) is 2. The van der Waals surface area contributed by atoms with Crippen molar-refractivity contribution in [3.05, 3.63) is 28.2 Å². The Hall–Kier alpha value is -0.620. The van der Waals surface area contributed by atoms with E-state index in [0.717, 1.165) is 15.7 Å². The number of hydrogen-bond acceptors (Lipinski definition) is 4. The smallest absolute Gasteiger partial charge is 0.0702 e. The van der Waals surface area contributed by atoms with Crippen molar-refractivity contribution in [1.29, 1.82) is 0 Å². The predicted molar refractivity (Wildman–Crippen MR) is 71.2 cm³/mol. The molecular formula is C12H18BrNO3. The molecule has 0 atom stereocenters. The number of halogens is 1. The van der Waals surface area contributed by atoms with Crippen LogP contribution in [0, 0.1) is 0 Å². The third kappa shape index (κ3) is 4.63. The number of rotatable bonds is 7. The molecule has 96 valence electrons. The molecule has 1 aromatic carbocycles. The van der Waals surface area contributed by atoms with Crippen molar-refractivity contribution in [3.63, 3.8) is 0 Å². The molecule has 0 aromatic heterocycles. The molecule has 2 N–H and O–H groups in total. The van der Waals surface area contributed by atoms with E-state index in [0.29, 0.717) is 19.8 Å². The highest BCUT2D eigenvalue weighted by molar-refractivity contribution is 9.10. The van der Waals surface area contributed by atoms with Gasteiger partial charge in [-0.05, 0) is 18.2 Å². The van der Waals surface area contributed by atoms with E-state index in [4.69, 9.17) is 9.84 Å². The zero-order valence-electron chi connectivity index (χ0n) is 9.90. The highest BCUT2D eigenvalue weighted by atomic mass is 79.9. The molecule has 0 fully saturated rings. The Morgan fingerprint density at radius 3 is 2.71 bits per heavy atom. The van der Waals surface area contributed by atoms with Crippen LogP contribution in [0.25, 0.3) is 0 Å². The van der Waals surface area contributed by atoms with Crippen LogP contribution in [0.2, 0.25) is 0 Å². The monoisotopic (exact) mass is 303 g/mol. The van der Waals surface area contributed by atoms with E-state index in [1.165, 1.54) is 0 Å². The number of aliphatic hydroxyl groups is 2. The van der Waals surface area contributed by atoms with Gasteiger partial charge in [-0.25, -0.2) is 0 Å². The standard InChI is InChI=1S/C12H18BrNO3/c1-14(4-6-17-7-5-15)12-3-2-11(13)8-10(12)9-16/h2-3,8,15-16H,4-7,9H2,1H3. The summed E-state index contributed by atoms with van der Waals surface area (Å²) in [6.07, 6.45) is 0. The summed E-state index contributed by atoms with van der Waals surface area (Å²) in [5, 5.41) is 17.9. The maximum absolute atomic E-state index is 9.29. The minimum absolute atomic E-state index is 0.0105. The highest BCUT2D eigenvalue weighted by Crippen LogP contribution is 2.23. The zero-order chi connectivity index (χ0) is 12.7. The molecule has 0 saturated heterocycles. The Morgan fingerprint density at radius 2 is 2.06 bits per heavy atom. The lowest BCUT2D eigenvalue weighted by Gasteiger charge is -2.22. The summed E-state index contributed by atoms with van der Waals surface area (Å²) in [6.45, 7) is 1.69. The average molecular weight is 304 g/mol. The van der Waals surface area contributed by atoms with E-state index in [2.05, 4.69) is 15.9 Å². The van der Waals surface area contributed by atoms with Crippen molar-refractivity contribution >= 4 is 21.6 Å². The third-order valence-corrected chi connectivity index (χ3v) is 2.92. The molecule has 1 rings (SSSR count). The fourth-order valence-corrected chi connectivity index (χ4v) is 1.95. The van der Waals surface area contributed by atoms with Crippen molar-refractivity contribution < 1.29 is 14.9 Å². The third-order valence-electron chi connectivity index (χ3n) is 2.43. The molecule has 0 radical (unpaired) electrons. The normalized spacial score (nSPS) is 10.6. The van der Waals surface area contributed by atoms with Crippen molar-refractivity contribution in [2.75, 3.05) is 38.3 Å². The molecule has 5 heteroatoms. The van der Waals surface area contributed by atoms with Gasteiger partial charge in [-0.2, -0.15) is 0 Å². The highest BCUT2D eigenvalue weighted by Gasteiger charge is 2.07. The van der Waals surface area contributed by atoms with E-state index >= 15 is 0 Å². The van der Waals surface area contributed by atoms with E-state index in [9.17, 15) is 5.11 Å². The Bertz CT molecular complexity index is 347. The summed E-state index contributed by atoms with van der Waals surface area (Å²) in [5.74, 6) is 0. The molecule has 0 spiro atoms. The summed E-state index contributed by atoms with van der Waals surface area (Å²) in [7, 11) is 1.95. The number of likely N-dealkylation sites (N-methyl/N-ethyl adjacent to an activating group) is 1. The Kier molecular flexibility index (Phi) is 6.50. The number of aliphatic hydroxyl groups excluding tert-OH is 2. The van der Waals surface area contributed by atoms with Crippen LogP contribution in [-0.4, -0.2) is 43.6 Å². The summed E-state index contributed by atoms with van der Waals surface area (Å²) >= 11 is 3.38. The van der Waals surface area contributed by atoms with Gasteiger partial charge in [0.15, 0.2) is 0 Å². The van der Waals surface area contributed by atoms with Gasteiger partial charge >= 0.3 is 0 Å². The Morgan fingerprint density at radius 1 is 1.29 bits per heavy atom. The molecule has 0 amide bonds. The van der Waals surface area contributed by atoms with Crippen LogP contribution in [0.4, 0.5) is 5.69 Å². The first kappa shape index (κ1) is 14.4. The molecule has 0 aliphatic rings. The van der Waals surface area contributed by atoms with Crippen molar-refractivity contribution in [3.8, 4) is 0 Å². The zero-order valence-corrected chi connectivity index (χ0v) is 11.5. The van der Waals surface area contributed by atoms with Gasteiger partial charge in [0.05, 0.1) is 26.4 Å². The van der Waals surface area contributed by atoms with Gasteiger partial charge in [-0.15, -0.1) is 0 Å². The average Bonchev–Trinajstić information content (AvgIpc) is 2.34. The lowest BCUT2D eigenvalue weighted by molar-refractivity contribution is 0.0971. The predicted octanol–water partition coefficient (Wildman–Crippen LogP) is 1.39. The molecule has 0 unspecified atom stereocenters. The molecule has 0 heterocycles. The fraction of sp³-hybridized carbons (Fsp3) is 0.500. The van der Waals surface area contributed by atoms with Crippen LogP contribution >= 0.6 is 15.9 Å². The molecule has 0 bridgehead atoms. The maximum Gasteiger partial charge on any atom is 0.0702 e. The van der Waals surface area contributed by atoms with Gasteiger partial charge in [0.2, 0.25) is 0 Å². The Labute approximate surface area is 110 Å². The first-order chi connectivity index (χ1) is 8.19. The largest absolute Gasteiger partial charge is 0.394 e. The number of nitrogens with zero attached hydrogens (tertiary/aromatic N) is 1. The number of benzene rings is 1. The van der Waals surface area contributed by atoms with E-state index in [1.807, 2.05) is 30.1 Å². The molecule has 0 saturated carbocycles. The number of anilines is 1. The second-order valence-corrected chi connectivity index (χ2v) is 4.60. The summed E-state index contributed by atoms with van der Waals surface area (Å²) < 4.78 is 6.16. The van der Waals surface area contributed by atoms with E-state index < -0.39 is 0 Å². The number of ether oxygens (including phenoxy) is 1. The van der Waals surface area contributed by atoms with Crippen LogP contribution in [-0.2, 0) is 11.3 Å². The molecule has 1 aromatic rings. The van der Waals surface area contributed by atoms with Crippen LogP contribution in [0.15, 0.2) is 22.7 Å². The molecular weight excluding hydrogens is 286 g/mol. The van der Waals surface area contributed by atoms with Crippen molar-refractivity contribution in [2.45, 2.75) is 6.61 Å². The van der Waals surface area contributed by atoms with Crippen LogP contribution in [0.1, 0.15) is 5.56 Å². The van der Waals surface area contributed by atoms with Gasteiger partial charge in [0.25, 0.3) is 0 Å². The molecule has 17 heavy (non-hydrogen) atoms. The lowest BCUT2D eigenvalue weighted by atomic mass is 10.2. The van der Waals surface area contributed by atoms with Gasteiger partial charge in [0, 0.05) is 29.3 Å². The van der Waals surface area contributed by atoms with Gasteiger partial charge < -0.3 is 19.8 Å².